The Morgan fingerprint density at radius 3 is 2.62 bits per heavy atom. The van der Waals surface area contributed by atoms with E-state index in [0.717, 1.165) is 6.26 Å². The van der Waals surface area contributed by atoms with Crippen molar-refractivity contribution in [1.82, 2.24) is 4.57 Å². The van der Waals surface area contributed by atoms with Gasteiger partial charge in [0.05, 0.1) is 5.75 Å². The van der Waals surface area contributed by atoms with Crippen molar-refractivity contribution in [1.29, 1.82) is 0 Å². The number of carboxylic acids is 1. The van der Waals surface area contributed by atoms with Crippen LogP contribution in [0.2, 0.25) is 0 Å². The number of carbonyl (C=O) groups is 1. The number of hydrogen-bond acceptors (Lipinski definition) is 3. The van der Waals surface area contributed by atoms with Gasteiger partial charge in [0.1, 0.15) is 15.5 Å². The van der Waals surface area contributed by atoms with Gasteiger partial charge in [-0.25, -0.2) is 13.2 Å². The van der Waals surface area contributed by atoms with E-state index in [4.69, 9.17) is 5.11 Å². The summed E-state index contributed by atoms with van der Waals surface area (Å²) in [5, 5.41) is 8.94. The molecular weight excluding hydrogens is 298 g/mol. The van der Waals surface area contributed by atoms with Crippen molar-refractivity contribution < 1.29 is 18.3 Å². The van der Waals surface area contributed by atoms with Crippen LogP contribution in [0.5, 0.6) is 0 Å². The highest BCUT2D eigenvalue weighted by atomic mass is 79.9. The summed E-state index contributed by atoms with van der Waals surface area (Å²) in [5.41, 5.74) is 0.0722. The van der Waals surface area contributed by atoms with Gasteiger partial charge in [0, 0.05) is 23.0 Å². The van der Waals surface area contributed by atoms with Crippen molar-refractivity contribution in [3.8, 4) is 0 Å². The van der Waals surface area contributed by atoms with Gasteiger partial charge < -0.3 is 9.67 Å². The maximum Gasteiger partial charge on any atom is 0.352 e. The highest BCUT2D eigenvalue weighted by molar-refractivity contribution is 9.10. The second-order valence-corrected chi connectivity index (χ2v) is 6.80. The van der Waals surface area contributed by atoms with Crippen LogP contribution < -0.4 is 0 Å². The molecule has 0 saturated carbocycles. The molecule has 0 aliphatic rings. The van der Waals surface area contributed by atoms with E-state index in [9.17, 15) is 13.2 Å². The van der Waals surface area contributed by atoms with E-state index in [-0.39, 0.29) is 11.4 Å². The van der Waals surface area contributed by atoms with Crippen molar-refractivity contribution in [2.75, 3.05) is 12.0 Å². The predicted molar refractivity (Wildman–Crippen MR) is 63.5 cm³/mol. The van der Waals surface area contributed by atoms with E-state index < -0.39 is 21.8 Å². The molecule has 90 valence electrons. The van der Waals surface area contributed by atoms with Crippen molar-refractivity contribution in [2.45, 2.75) is 13.0 Å². The van der Waals surface area contributed by atoms with Crippen molar-refractivity contribution in [2.24, 2.45) is 0 Å². The molecule has 1 N–H and O–H groups in total. The summed E-state index contributed by atoms with van der Waals surface area (Å²) in [6.07, 6.45) is 2.70. The van der Waals surface area contributed by atoms with Crippen LogP contribution in [0.15, 0.2) is 16.7 Å². The van der Waals surface area contributed by atoms with Crippen LogP contribution in [0, 0.1) is 0 Å². The van der Waals surface area contributed by atoms with Gasteiger partial charge in [0.15, 0.2) is 0 Å². The zero-order valence-corrected chi connectivity index (χ0v) is 11.2. The number of halogens is 1. The molecule has 0 amide bonds. The number of rotatable bonds is 4. The summed E-state index contributed by atoms with van der Waals surface area (Å²) in [4.78, 5) is 10.9. The van der Waals surface area contributed by atoms with Crippen molar-refractivity contribution in [3.63, 3.8) is 0 Å². The molecule has 0 aromatic carbocycles. The maximum absolute atomic E-state index is 11.1. The first-order valence-corrected chi connectivity index (χ1v) is 7.34. The molecule has 0 aliphatic heterocycles. The van der Waals surface area contributed by atoms with Gasteiger partial charge >= 0.3 is 5.97 Å². The lowest BCUT2D eigenvalue weighted by atomic mass is 10.3. The Morgan fingerprint density at radius 2 is 2.19 bits per heavy atom. The molecule has 0 bridgehead atoms. The van der Waals surface area contributed by atoms with E-state index in [1.807, 2.05) is 0 Å². The average molecular weight is 310 g/mol. The van der Waals surface area contributed by atoms with Gasteiger partial charge in [0.2, 0.25) is 0 Å². The summed E-state index contributed by atoms with van der Waals surface area (Å²) < 4.78 is 24.3. The standard InChI is InChI=1S/C9H12BrNO4S/c1-6(5-16(2,14)15)11-4-7(10)3-8(11)9(12)13/h3-4,6H,5H2,1-2H3,(H,12,13). The number of hydrogen-bond donors (Lipinski definition) is 1. The number of nitrogens with zero attached hydrogens (tertiary/aromatic N) is 1. The van der Waals surface area contributed by atoms with Gasteiger partial charge in [-0.05, 0) is 28.9 Å². The largest absolute Gasteiger partial charge is 0.477 e. The van der Waals surface area contributed by atoms with E-state index in [1.165, 1.54) is 10.6 Å². The van der Waals surface area contributed by atoms with Gasteiger partial charge in [-0.3, -0.25) is 0 Å². The lowest BCUT2D eigenvalue weighted by molar-refractivity contribution is 0.0683. The molecule has 1 rings (SSSR count). The van der Waals surface area contributed by atoms with Gasteiger partial charge in [0.25, 0.3) is 0 Å². The molecule has 0 radical (unpaired) electrons. The predicted octanol–water partition coefficient (Wildman–Crippen LogP) is 1.55. The van der Waals surface area contributed by atoms with Crippen LogP contribution in [-0.4, -0.2) is 36.1 Å². The third-order valence-electron chi connectivity index (χ3n) is 2.05. The van der Waals surface area contributed by atoms with Crippen molar-refractivity contribution >= 4 is 31.7 Å². The molecule has 1 heterocycles. The number of carboxylic acid groups (broad SMARTS) is 1. The number of aromatic carboxylic acids is 1. The lowest BCUT2D eigenvalue weighted by Gasteiger charge is -2.14. The third-order valence-corrected chi connectivity index (χ3v) is 3.57. The number of aromatic nitrogens is 1. The van der Waals surface area contributed by atoms with Gasteiger partial charge in [-0.2, -0.15) is 0 Å². The van der Waals surface area contributed by atoms with Crippen LogP contribution in [0.4, 0.5) is 0 Å². The topological polar surface area (TPSA) is 76.4 Å². The summed E-state index contributed by atoms with van der Waals surface area (Å²) in [7, 11) is -3.13. The molecule has 0 aliphatic carbocycles. The second-order valence-electron chi connectivity index (χ2n) is 3.70. The van der Waals surface area contributed by atoms with Crippen LogP contribution in [0.1, 0.15) is 23.5 Å². The third kappa shape index (κ3) is 3.34. The van der Waals surface area contributed by atoms with Crippen LogP contribution in [0.3, 0.4) is 0 Å². The van der Waals surface area contributed by atoms with E-state index in [2.05, 4.69) is 15.9 Å². The van der Waals surface area contributed by atoms with Crippen LogP contribution in [0.25, 0.3) is 0 Å². The second kappa shape index (κ2) is 4.58. The molecule has 0 fully saturated rings. The SMILES string of the molecule is CC(CS(C)(=O)=O)n1cc(Br)cc1C(=O)O. The van der Waals surface area contributed by atoms with E-state index in [1.54, 1.807) is 13.1 Å². The van der Waals surface area contributed by atoms with E-state index >= 15 is 0 Å². The zero-order chi connectivity index (χ0) is 12.5. The Labute approximate surface area is 102 Å². The molecule has 1 unspecified atom stereocenters. The normalized spacial score (nSPS) is 13.7. The highest BCUT2D eigenvalue weighted by Gasteiger charge is 2.18. The van der Waals surface area contributed by atoms with Gasteiger partial charge in [-0.1, -0.05) is 0 Å². The Morgan fingerprint density at radius 1 is 1.62 bits per heavy atom. The Bertz CT molecular complexity index is 506. The van der Waals surface area contributed by atoms with E-state index in [0.29, 0.717) is 4.47 Å². The fourth-order valence-corrected chi connectivity index (χ4v) is 2.97. The first-order valence-electron chi connectivity index (χ1n) is 4.49. The first kappa shape index (κ1) is 13.2. The fraction of sp³-hybridized carbons (Fsp3) is 0.444. The summed E-state index contributed by atoms with van der Waals surface area (Å²) in [6, 6.07) is 1.04. The maximum atomic E-state index is 11.1. The first-order chi connectivity index (χ1) is 7.20. The molecule has 1 aromatic heterocycles. The minimum absolute atomic E-state index is 0.0722. The smallest absolute Gasteiger partial charge is 0.352 e. The summed E-state index contributed by atoms with van der Waals surface area (Å²) in [5.74, 6) is -1.17. The number of sulfone groups is 1. The minimum Gasteiger partial charge on any atom is -0.477 e. The summed E-state index contributed by atoms with van der Waals surface area (Å²) in [6.45, 7) is 1.67. The molecule has 7 heteroatoms. The molecule has 16 heavy (non-hydrogen) atoms. The zero-order valence-electron chi connectivity index (χ0n) is 8.84. The van der Waals surface area contributed by atoms with Crippen molar-refractivity contribution in [3.05, 3.63) is 22.4 Å². The Hall–Kier alpha value is -0.820. The Balaban J connectivity index is 3.08. The fourth-order valence-electron chi connectivity index (χ4n) is 1.50. The van der Waals surface area contributed by atoms with Gasteiger partial charge in [-0.15, -0.1) is 0 Å². The Kier molecular flexibility index (Phi) is 3.80. The minimum atomic E-state index is -3.13. The quantitative estimate of drug-likeness (QED) is 0.915. The summed E-state index contributed by atoms with van der Waals surface area (Å²) >= 11 is 3.17. The average Bonchev–Trinajstić information content (AvgIpc) is 2.44. The monoisotopic (exact) mass is 309 g/mol. The molecule has 1 atom stereocenters. The molecular formula is C9H12BrNO4S. The molecule has 5 nitrogen and oxygen atoms in total. The molecule has 0 saturated heterocycles. The molecule has 0 spiro atoms. The van der Waals surface area contributed by atoms with Crippen LogP contribution in [-0.2, 0) is 9.84 Å². The molecule has 1 aromatic rings. The highest BCUT2D eigenvalue weighted by Crippen LogP contribution is 2.20. The van der Waals surface area contributed by atoms with Crippen LogP contribution >= 0.6 is 15.9 Å². The lowest BCUT2D eigenvalue weighted by Crippen LogP contribution is -2.19.